The van der Waals surface area contributed by atoms with Crippen molar-refractivity contribution in [3.63, 3.8) is 0 Å². The van der Waals surface area contributed by atoms with E-state index in [1.54, 1.807) is 24.7 Å². The van der Waals surface area contributed by atoms with Crippen LogP contribution < -0.4 is 5.32 Å². The monoisotopic (exact) mass is 507 g/mol. The highest BCUT2D eigenvalue weighted by atomic mass is 32.1. The van der Waals surface area contributed by atoms with Gasteiger partial charge in [-0.3, -0.25) is 9.97 Å². The maximum Gasteiger partial charge on any atom is 0.416 e. The first-order valence-electron chi connectivity index (χ1n) is 11.5. The number of nitrogens with one attached hydrogen (secondary N) is 1. The second kappa shape index (κ2) is 9.39. The number of hydrogen-bond donors (Lipinski definition) is 1. The van der Waals surface area contributed by atoms with Crippen molar-refractivity contribution in [1.29, 1.82) is 0 Å². The molecule has 1 aliphatic heterocycles. The topological polar surface area (TPSA) is 46.0 Å². The van der Waals surface area contributed by atoms with Crippen LogP contribution >= 0.6 is 12.2 Å². The minimum atomic E-state index is -4.42. The Balaban J connectivity index is 1.62. The SMILES string of the molecule is Cc1cc(C2C(c3ccccn3)NC(=S)N2Cc2cccnc2)c(C)n1-c1cccc(C(F)(F)F)c1. The molecule has 1 N–H and O–H groups in total. The highest BCUT2D eigenvalue weighted by molar-refractivity contribution is 7.80. The molecule has 0 amide bonds. The Labute approximate surface area is 212 Å². The number of pyridine rings is 2. The average molecular weight is 508 g/mol. The van der Waals surface area contributed by atoms with Crippen molar-refractivity contribution in [2.45, 2.75) is 38.7 Å². The van der Waals surface area contributed by atoms with E-state index in [9.17, 15) is 13.2 Å². The van der Waals surface area contributed by atoms with E-state index in [0.717, 1.165) is 34.3 Å². The van der Waals surface area contributed by atoms with Gasteiger partial charge in [0, 0.05) is 42.2 Å². The molecular weight excluding hydrogens is 483 g/mol. The lowest BCUT2D eigenvalue weighted by Gasteiger charge is -2.28. The van der Waals surface area contributed by atoms with Gasteiger partial charge in [-0.15, -0.1) is 0 Å². The third-order valence-corrected chi connectivity index (χ3v) is 6.85. The molecule has 4 aromatic rings. The molecule has 1 aromatic carbocycles. The number of thiocarbonyl (C=S) groups is 1. The molecule has 2 atom stereocenters. The Bertz CT molecular complexity index is 1390. The summed E-state index contributed by atoms with van der Waals surface area (Å²) in [5.41, 5.74) is 4.27. The van der Waals surface area contributed by atoms with Crippen LogP contribution in [0.2, 0.25) is 0 Å². The van der Waals surface area contributed by atoms with Crippen molar-refractivity contribution in [3.05, 3.63) is 113 Å². The summed E-state index contributed by atoms with van der Waals surface area (Å²) in [7, 11) is 0. The van der Waals surface area contributed by atoms with Gasteiger partial charge in [0.25, 0.3) is 0 Å². The van der Waals surface area contributed by atoms with E-state index in [0.29, 0.717) is 17.3 Å². The van der Waals surface area contributed by atoms with Crippen LogP contribution in [-0.4, -0.2) is 24.5 Å². The lowest BCUT2D eigenvalue weighted by molar-refractivity contribution is -0.137. The number of benzene rings is 1. The minimum absolute atomic E-state index is 0.224. The van der Waals surface area contributed by atoms with E-state index in [2.05, 4.69) is 20.2 Å². The van der Waals surface area contributed by atoms with E-state index >= 15 is 0 Å². The second-order valence-electron chi connectivity index (χ2n) is 8.83. The van der Waals surface area contributed by atoms with Gasteiger partial charge in [-0.1, -0.05) is 18.2 Å². The first-order valence-corrected chi connectivity index (χ1v) is 11.9. The largest absolute Gasteiger partial charge is 0.416 e. The molecular formula is C27H24F3N5S. The lowest BCUT2D eigenvalue weighted by atomic mass is 9.96. The summed E-state index contributed by atoms with van der Waals surface area (Å²) in [6.07, 6.45) is 0.855. The lowest BCUT2D eigenvalue weighted by Crippen LogP contribution is -2.29. The molecule has 1 aliphatic rings. The second-order valence-corrected chi connectivity index (χ2v) is 9.21. The fourth-order valence-electron chi connectivity index (χ4n) is 4.91. The van der Waals surface area contributed by atoms with Crippen LogP contribution in [0.3, 0.4) is 0 Å². The Morgan fingerprint density at radius 3 is 2.53 bits per heavy atom. The van der Waals surface area contributed by atoms with Crippen molar-refractivity contribution < 1.29 is 13.2 Å². The summed E-state index contributed by atoms with van der Waals surface area (Å²) in [4.78, 5) is 10.9. The molecule has 36 heavy (non-hydrogen) atoms. The average Bonchev–Trinajstić information content (AvgIpc) is 3.34. The molecule has 9 heteroatoms. The third-order valence-electron chi connectivity index (χ3n) is 6.49. The Morgan fingerprint density at radius 1 is 1.00 bits per heavy atom. The number of hydrogen-bond acceptors (Lipinski definition) is 3. The number of aryl methyl sites for hydroxylation is 1. The molecule has 184 valence electrons. The van der Waals surface area contributed by atoms with E-state index < -0.39 is 11.7 Å². The number of halogens is 3. The van der Waals surface area contributed by atoms with Crippen LogP contribution in [0.4, 0.5) is 13.2 Å². The number of aromatic nitrogens is 3. The molecule has 5 nitrogen and oxygen atoms in total. The molecule has 4 heterocycles. The van der Waals surface area contributed by atoms with Crippen LogP contribution in [0.1, 0.15) is 45.9 Å². The van der Waals surface area contributed by atoms with Gasteiger partial charge < -0.3 is 14.8 Å². The summed E-state index contributed by atoms with van der Waals surface area (Å²) >= 11 is 5.76. The van der Waals surface area contributed by atoms with E-state index in [1.807, 2.05) is 54.8 Å². The predicted octanol–water partition coefficient (Wildman–Crippen LogP) is 6.08. The standard InChI is InChI=1S/C27H24F3N5S/c1-17-13-22(18(2)35(17)21-9-5-8-20(14-21)27(28,29)30)25-24(23-10-3-4-12-32-23)33-26(36)34(25)16-19-7-6-11-31-15-19/h3-15,24-25H,16H2,1-2H3,(H,33,36). The van der Waals surface area contributed by atoms with Gasteiger partial charge in [-0.05, 0) is 79.7 Å². The maximum absolute atomic E-state index is 13.4. The molecule has 1 saturated heterocycles. The van der Waals surface area contributed by atoms with Crippen LogP contribution in [-0.2, 0) is 12.7 Å². The number of alkyl halides is 3. The van der Waals surface area contributed by atoms with Gasteiger partial charge in [0.1, 0.15) is 0 Å². The van der Waals surface area contributed by atoms with Gasteiger partial charge in [0.15, 0.2) is 5.11 Å². The molecule has 1 fully saturated rings. The van der Waals surface area contributed by atoms with Crippen molar-refractivity contribution in [2.24, 2.45) is 0 Å². The summed E-state index contributed by atoms with van der Waals surface area (Å²) in [5.74, 6) is 0. The fraction of sp³-hybridized carbons (Fsp3) is 0.222. The smallest absolute Gasteiger partial charge is 0.352 e. The van der Waals surface area contributed by atoms with E-state index in [1.165, 1.54) is 12.1 Å². The summed E-state index contributed by atoms with van der Waals surface area (Å²) in [5, 5.41) is 4.02. The molecule has 0 bridgehead atoms. The van der Waals surface area contributed by atoms with E-state index in [4.69, 9.17) is 12.2 Å². The van der Waals surface area contributed by atoms with Crippen LogP contribution in [0.15, 0.2) is 79.3 Å². The van der Waals surface area contributed by atoms with Crippen molar-refractivity contribution >= 4 is 17.3 Å². The zero-order chi connectivity index (χ0) is 25.4. The summed E-state index contributed by atoms with van der Waals surface area (Å²) in [6.45, 7) is 4.36. The number of rotatable bonds is 5. The van der Waals surface area contributed by atoms with Crippen LogP contribution in [0.25, 0.3) is 5.69 Å². The highest BCUT2D eigenvalue weighted by Gasteiger charge is 2.41. The van der Waals surface area contributed by atoms with Gasteiger partial charge in [-0.2, -0.15) is 13.2 Å². The first kappa shape index (κ1) is 24.0. The molecule has 5 rings (SSSR count). The van der Waals surface area contributed by atoms with E-state index in [-0.39, 0.29) is 12.1 Å². The summed E-state index contributed by atoms with van der Waals surface area (Å²) < 4.78 is 42.1. The Hall–Kier alpha value is -3.72. The molecule has 0 aliphatic carbocycles. The molecule has 0 saturated carbocycles. The molecule has 2 unspecified atom stereocenters. The normalized spacial score (nSPS) is 17.9. The van der Waals surface area contributed by atoms with Crippen LogP contribution in [0.5, 0.6) is 0 Å². The van der Waals surface area contributed by atoms with Gasteiger partial charge in [0.2, 0.25) is 0 Å². The Kier molecular flexibility index (Phi) is 6.26. The van der Waals surface area contributed by atoms with Gasteiger partial charge in [-0.25, -0.2) is 0 Å². The highest BCUT2D eigenvalue weighted by Crippen LogP contribution is 2.42. The zero-order valence-corrected chi connectivity index (χ0v) is 20.5. The first-order chi connectivity index (χ1) is 17.2. The predicted molar refractivity (Wildman–Crippen MR) is 135 cm³/mol. The minimum Gasteiger partial charge on any atom is -0.352 e. The van der Waals surface area contributed by atoms with Crippen molar-refractivity contribution in [2.75, 3.05) is 0 Å². The van der Waals surface area contributed by atoms with Crippen molar-refractivity contribution in [3.8, 4) is 5.69 Å². The third kappa shape index (κ3) is 4.46. The molecule has 3 aromatic heterocycles. The number of nitrogens with zero attached hydrogens (tertiary/aromatic N) is 4. The van der Waals surface area contributed by atoms with Gasteiger partial charge in [0.05, 0.1) is 23.3 Å². The van der Waals surface area contributed by atoms with Crippen molar-refractivity contribution in [1.82, 2.24) is 24.8 Å². The zero-order valence-electron chi connectivity index (χ0n) is 19.7. The quantitative estimate of drug-likeness (QED) is 0.332. The molecule has 0 radical (unpaired) electrons. The maximum atomic E-state index is 13.4. The van der Waals surface area contributed by atoms with Gasteiger partial charge >= 0.3 is 6.18 Å². The fourth-order valence-corrected chi connectivity index (χ4v) is 5.21. The summed E-state index contributed by atoms with van der Waals surface area (Å²) in [6, 6.07) is 16.6. The Morgan fingerprint density at radius 2 is 1.83 bits per heavy atom. The molecule has 0 spiro atoms. The van der Waals surface area contributed by atoms with Crippen LogP contribution in [0, 0.1) is 13.8 Å².